The Labute approximate surface area is 83.8 Å². The Hall–Kier alpha value is -1.65. The number of aromatic nitrogens is 2. The quantitative estimate of drug-likeness (QED) is 0.764. The lowest BCUT2D eigenvalue weighted by atomic mass is 10.2. The van der Waals surface area contributed by atoms with Gasteiger partial charge in [-0.1, -0.05) is 0 Å². The smallest absolute Gasteiger partial charge is 0.133 e. The number of benzene rings is 1. The monoisotopic (exact) mass is 212 g/mol. The summed E-state index contributed by atoms with van der Waals surface area (Å²) < 4.78 is 37.7. The van der Waals surface area contributed by atoms with Crippen LogP contribution in [-0.4, -0.2) is 9.97 Å². The molecule has 2 rings (SSSR count). The number of hydrogen-bond donors (Lipinski definition) is 0. The van der Waals surface area contributed by atoms with E-state index in [1.165, 1.54) is 12.1 Å². The number of alkyl halides is 2. The molecule has 1 heterocycles. The Morgan fingerprint density at radius 3 is 2.13 bits per heavy atom. The van der Waals surface area contributed by atoms with Crippen LogP contribution in [0.1, 0.15) is 11.4 Å². The molecule has 0 fully saturated rings. The molecule has 0 saturated carbocycles. The van der Waals surface area contributed by atoms with Gasteiger partial charge in [0.1, 0.15) is 19.2 Å². The summed E-state index contributed by atoms with van der Waals surface area (Å²) in [6, 6.07) is 3.73. The molecule has 0 amide bonds. The first-order valence-corrected chi connectivity index (χ1v) is 4.31. The van der Waals surface area contributed by atoms with Gasteiger partial charge in [0.25, 0.3) is 0 Å². The lowest BCUT2D eigenvalue weighted by Gasteiger charge is -2.03. The number of halogens is 3. The number of hydrogen-bond acceptors (Lipinski definition) is 2. The summed E-state index contributed by atoms with van der Waals surface area (Å²) in [5, 5.41) is 0. The summed E-state index contributed by atoms with van der Waals surface area (Å²) in [5.41, 5.74) is 0.494. The first kappa shape index (κ1) is 9.89. The largest absolute Gasteiger partial charge is 0.246 e. The summed E-state index contributed by atoms with van der Waals surface area (Å²) in [7, 11) is 0. The molecule has 0 saturated heterocycles. The van der Waals surface area contributed by atoms with Gasteiger partial charge in [0, 0.05) is 6.07 Å². The van der Waals surface area contributed by atoms with Gasteiger partial charge in [-0.3, -0.25) is 0 Å². The maximum atomic E-state index is 12.8. The SMILES string of the molecule is FCc1nc2ccc(F)cc2nc1CF. The third kappa shape index (κ3) is 1.77. The molecule has 78 valence electrons. The van der Waals surface area contributed by atoms with Crippen molar-refractivity contribution in [3.05, 3.63) is 35.4 Å². The number of fused-ring (bicyclic) bond motifs is 1. The molecule has 0 unspecified atom stereocenters. The van der Waals surface area contributed by atoms with E-state index in [0.29, 0.717) is 5.52 Å². The van der Waals surface area contributed by atoms with Crippen molar-refractivity contribution in [3.8, 4) is 0 Å². The van der Waals surface area contributed by atoms with Crippen LogP contribution in [0.2, 0.25) is 0 Å². The molecule has 0 aliphatic carbocycles. The predicted molar refractivity (Wildman–Crippen MR) is 49.1 cm³/mol. The van der Waals surface area contributed by atoms with E-state index in [1.807, 2.05) is 0 Å². The summed E-state index contributed by atoms with van der Waals surface area (Å²) in [4.78, 5) is 7.67. The molecular weight excluding hydrogens is 205 g/mol. The molecule has 0 spiro atoms. The molecule has 0 atom stereocenters. The van der Waals surface area contributed by atoms with Crippen molar-refractivity contribution in [3.63, 3.8) is 0 Å². The van der Waals surface area contributed by atoms with Crippen LogP contribution in [0.3, 0.4) is 0 Å². The van der Waals surface area contributed by atoms with Gasteiger partial charge in [-0.2, -0.15) is 0 Å². The fourth-order valence-corrected chi connectivity index (χ4v) is 1.31. The van der Waals surface area contributed by atoms with Crippen LogP contribution < -0.4 is 0 Å². The van der Waals surface area contributed by atoms with E-state index in [-0.39, 0.29) is 16.9 Å². The van der Waals surface area contributed by atoms with Gasteiger partial charge in [-0.25, -0.2) is 23.1 Å². The van der Waals surface area contributed by atoms with Gasteiger partial charge < -0.3 is 0 Å². The van der Waals surface area contributed by atoms with Crippen LogP contribution >= 0.6 is 0 Å². The highest BCUT2D eigenvalue weighted by molar-refractivity contribution is 5.74. The summed E-state index contributed by atoms with van der Waals surface area (Å²) in [5.74, 6) is -0.477. The highest BCUT2D eigenvalue weighted by Crippen LogP contribution is 2.15. The van der Waals surface area contributed by atoms with E-state index in [9.17, 15) is 13.2 Å². The molecule has 0 N–H and O–H groups in total. The maximum absolute atomic E-state index is 12.8. The highest BCUT2D eigenvalue weighted by atomic mass is 19.1. The Morgan fingerprint density at radius 2 is 1.53 bits per heavy atom. The van der Waals surface area contributed by atoms with Gasteiger partial charge in [-0.05, 0) is 12.1 Å². The van der Waals surface area contributed by atoms with Gasteiger partial charge in [0.15, 0.2) is 0 Å². The van der Waals surface area contributed by atoms with Gasteiger partial charge in [0.2, 0.25) is 0 Å². The Bertz CT molecular complexity index is 499. The molecular formula is C10H7F3N2. The zero-order chi connectivity index (χ0) is 10.8. The van der Waals surface area contributed by atoms with Crippen molar-refractivity contribution >= 4 is 11.0 Å². The lowest BCUT2D eigenvalue weighted by Crippen LogP contribution is -1.99. The second kappa shape index (κ2) is 3.84. The minimum absolute atomic E-state index is 0.0309. The standard InChI is InChI=1S/C10H7F3N2/c11-4-9-10(5-12)15-8-3-6(13)1-2-7(8)14-9/h1-3H,4-5H2. The molecule has 0 bridgehead atoms. The van der Waals surface area contributed by atoms with E-state index in [0.717, 1.165) is 6.07 Å². The molecule has 15 heavy (non-hydrogen) atoms. The zero-order valence-corrected chi connectivity index (χ0v) is 7.67. The normalized spacial score (nSPS) is 10.9. The van der Waals surface area contributed by atoms with Crippen molar-refractivity contribution in [1.29, 1.82) is 0 Å². The molecule has 1 aromatic carbocycles. The molecule has 1 aromatic heterocycles. The van der Waals surface area contributed by atoms with E-state index in [2.05, 4.69) is 9.97 Å². The van der Waals surface area contributed by atoms with Gasteiger partial charge in [-0.15, -0.1) is 0 Å². The van der Waals surface area contributed by atoms with Crippen LogP contribution in [0.15, 0.2) is 18.2 Å². The average molecular weight is 212 g/mol. The van der Waals surface area contributed by atoms with Crippen molar-refractivity contribution in [1.82, 2.24) is 9.97 Å². The number of rotatable bonds is 2. The van der Waals surface area contributed by atoms with Crippen LogP contribution in [-0.2, 0) is 13.3 Å². The maximum Gasteiger partial charge on any atom is 0.133 e. The minimum Gasteiger partial charge on any atom is -0.246 e. The van der Waals surface area contributed by atoms with Crippen molar-refractivity contribution in [2.75, 3.05) is 0 Å². The molecule has 0 radical (unpaired) electrons. The van der Waals surface area contributed by atoms with Crippen LogP contribution in [0, 0.1) is 5.82 Å². The first-order valence-electron chi connectivity index (χ1n) is 4.31. The summed E-state index contributed by atoms with van der Waals surface area (Å²) >= 11 is 0. The minimum atomic E-state index is -0.904. The van der Waals surface area contributed by atoms with Gasteiger partial charge >= 0.3 is 0 Å². The van der Waals surface area contributed by atoms with Crippen LogP contribution in [0.25, 0.3) is 11.0 Å². The predicted octanol–water partition coefficient (Wildman–Crippen LogP) is 2.71. The number of nitrogens with zero attached hydrogens (tertiary/aromatic N) is 2. The molecule has 0 aliphatic heterocycles. The topological polar surface area (TPSA) is 25.8 Å². The highest BCUT2D eigenvalue weighted by Gasteiger charge is 2.08. The van der Waals surface area contributed by atoms with Crippen LogP contribution in [0.4, 0.5) is 13.2 Å². The average Bonchev–Trinajstić information content (AvgIpc) is 2.27. The zero-order valence-electron chi connectivity index (χ0n) is 7.67. The van der Waals surface area contributed by atoms with Gasteiger partial charge in [0.05, 0.1) is 22.4 Å². The Kier molecular flexibility index (Phi) is 2.53. The van der Waals surface area contributed by atoms with Crippen molar-refractivity contribution in [2.24, 2.45) is 0 Å². The first-order chi connectivity index (χ1) is 7.24. The second-order valence-electron chi connectivity index (χ2n) is 3.02. The van der Waals surface area contributed by atoms with Crippen molar-refractivity contribution < 1.29 is 13.2 Å². The lowest BCUT2D eigenvalue weighted by molar-refractivity contribution is 0.440. The fourth-order valence-electron chi connectivity index (χ4n) is 1.31. The Morgan fingerprint density at radius 1 is 0.933 bits per heavy atom. The third-order valence-electron chi connectivity index (χ3n) is 2.03. The molecule has 0 aliphatic rings. The van der Waals surface area contributed by atoms with E-state index >= 15 is 0 Å². The second-order valence-corrected chi connectivity index (χ2v) is 3.02. The fraction of sp³-hybridized carbons (Fsp3) is 0.200. The molecule has 5 heteroatoms. The summed E-state index contributed by atoms with van der Waals surface area (Å²) in [6.07, 6.45) is 0. The van der Waals surface area contributed by atoms with E-state index in [4.69, 9.17) is 0 Å². The van der Waals surface area contributed by atoms with Crippen LogP contribution in [0.5, 0.6) is 0 Å². The van der Waals surface area contributed by atoms with E-state index < -0.39 is 19.2 Å². The Balaban J connectivity index is 2.69. The third-order valence-corrected chi connectivity index (χ3v) is 2.03. The van der Waals surface area contributed by atoms with E-state index in [1.54, 1.807) is 0 Å². The molecule has 2 nitrogen and oxygen atoms in total. The van der Waals surface area contributed by atoms with Crippen molar-refractivity contribution in [2.45, 2.75) is 13.3 Å². The molecule has 2 aromatic rings. The summed E-state index contributed by atoms with van der Waals surface area (Å²) in [6.45, 7) is -1.78.